The number of rotatable bonds is 3. The van der Waals surface area contributed by atoms with E-state index >= 15 is 0 Å². The van der Waals surface area contributed by atoms with Crippen molar-refractivity contribution in [3.05, 3.63) is 71.3 Å². The van der Waals surface area contributed by atoms with Crippen LogP contribution < -0.4 is 0 Å². The van der Waals surface area contributed by atoms with E-state index in [4.69, 9.17) is 9.47 Å². The second kappa shape index (κ2) is 7.78. The van der Waals surface area contributed by atoms with Crippen LogP contribution in [0, 0.1) is 12.7 Å². The Hall–Kier alpha value is -2.25. The lowest BCUT2D eigenvalue weighted by Crippen LogP contribution is -2.32. The monoisotopic (exact) mass is 384 g/mol. The quantitative estimate of drug-likeness (QED) is 0.635. The number of halogens is 5. The number of aryl methyl sites for hydroxylation is 1. The number of hydrogen-bond donors (Lipinski definition) is 0. The standard InChI is InChI=1S/C20H17F5O2/c1-12-2-4-13(5-3-12)14-6-7-16(17(21)8-14)15-10-26-19(27-11-15)18(22)9-20(23,24)25/h2-9,15,19H,10-11H2,1H3/b18-9-. The number of allylic oxidation sites excluding steroid dienone is 1. The molecule has 1 fully saturated rings. The third-order valence-electron chi connectivity index (χ3n) is 4.25. The average Bonchev–Trinajstić information content (AvgIpc) is 2.61. The first-order chi connectivity index (χ1) is 12.7. The van der Waals surface area contributed by atoms with Gasteiger partial charge >= 0.3 is 6.18 Å². The van der Waals surface area contributed by atoms with Crippen molar-refractivity contribution in [2.24, 2.45) is 0 Å². The SMILES string of the molecule is Cc1ccc(-c2ccc(C3COC(/C(F)=C/C(F)(F)F)OC3)c(F)c2)cc1. The van der Waals surface area contributed by atoms with Crippen LogP contribution in [0.15, 0.2) is 54.4 Å². The lowest BCUT2D eigenvalue weighted by Gasteiger charge is -2.29. The van der Waals surface area contributed by atoms with Gasteiger partial charge in [-0.15, -0.1) is 0 Å². The molecule has 1 saturated heterocycles. The molecule has 0 amide bonds. The first-order valence-corrected chi connectivity index (χ1v) is 8.27. The smallest absolute Gasteiger partial charge is 0.346 e. The highest BCUT2D eigenvalue weighted by molar-refractivity contribution is 5.64. The summed E-state index contributed by atoms with van der Waals surface area (Å²) in [7, 11) is 0. The van der Waals surface area contributed by atoms with E-state index in [1.54, 1.807) is 12.1 Å². The van der Waals surface area contributed by atoms with E-state index in [0.717, 1.165) is 11.1 Å². The van der Waals surface area contributed by atoms with Gasteiger partial charge in [-0.1, -0.05) is 42.0 Å². The molecule has 0 unspecified atom stereocenters. The summed E-state index contributed by atoms with van der Waals surface area (Å²) < 4.78 is 74.6. The lowest BCUT2D eigenvalue weighted by molar-refractivity contribution is -0.177. The molecule has 7 heteroatoms. The van der Waals surface area contributed by atoms with Crippen molar-refractivity contribution in [1.29, 1.82) is 0 Å². The van der Waals surface area contributed by atoms with Crippen molar-refractivity contribution < 1.29 is 31.4 Å². The van der Waals surface area contributed by atoms with Gasteiger partial charge in [0.2, 0.25) is 6.29 Å². The third kappa shape index (κ3) is 4.93. The van der Waals surface area contributed by atoms with Crippen molar-refractivity contribution in [2.45, 2.75) is 25.3 Å². The number of ether oxygens (including phenoxy) is 2. The van der Waals surface area contributed by atoms with Gasteiger partial charge in [-0.25, -0.2) is 8.78 Å². The Bertz CT molecular complexity index is 819. The highest BCUT2D eigenvalue weighted by Gasteiger charge is 2.32. The zero-order valence-electron chi connectivity index (χ0n) is 14.4. The van der Waals surface area contributed by atoms with Crippen molar-refractivity contribution >= 4 is 0 Å². The predicted octanol–water partition coefficient (Wildman–Crippen LogP) is 5.67. The van der Waals surface area contributed by atoms with Crippen LogP contribution in [0.25, 0.3) is 11.1 Å². The zero-order chi connectivity index (χ0) is 19.6. The summed E-state index contributed by atoms with van der Waals surface area (Å²) in [6, 6.07) is 12.3. The molecule has 2 aromatic carbocycles. The third-order valence-corrected chi connectivity index (χ3v) is 4.25. The van der Waals surface area contributed by atoms with Gasteiger partial charge in [-0.3, -0.25) is 0 Å². The van der Waals surface area contributed by atoms with Crippen LogP contribution in [0.4, 0.5) is 22.0 Å². The molecule has 0 saturated carbocycles. The van der Waals surface area contributed by atoms with Gasteiger partial charge in [0, 0.05) is 5.92 Å². The maximum atomic E-state index is 14.5. The Balaban J connectivity index is 1.70. The van der Waals surface area contributed by atoms with Crippen LogP contribution in [0.2, 0.25) is 0 Å². The van der Waals surface area contributed by atoms with Gasteiger partial charge in [-0.05, 0) is 29.7 Å². The molecule has 1 aliphatic rings. The Labute approximate surface area is 153 Å². The minimum Gasteiger partial charge on any atom is -0.346 e. The molecular formula is C20H17F5O2. The van der Waals surface area contributed by atoms with E-state index in [9.17, 15) is 22.0 Å². The summed E-state index contributed by atoms with van der Waals surface area (Å²) in [4.78, 5) is 0. The van der Waals surface area contributed by atoms with Crippen LogP contribution in [-0.4, -0.2) is 25.7 Å². The van der Waals surface area contributed by atoms with E-state index in [2.05, 4.69) is 0 Å². The molecule has 0 aliphatic carbocycles. The van der Waals surface area contributed by atoms with Gasteiger partial charge < -0.3 is 9.47 Å². The summed E-state index contributed by atoms with van der Waals surface area (Å²) in [6.07, 6.45) is -7.03. The predicted molar refractivity (Wildman–Crippen MR) is 90.3 cm³/mol. The topological polar surface area (TPSA) is 18.5 Å². The van der Waals surface area contributed by atoms with E-state index < -0.39 is 36.1 Å². The normalized spacial score (nSPS) is 21.3. The Morgan fingerprint density at radius 1 is 1.00 bits per heavy atom. The minimum atomic E-state index is -4.80. The Morgan fingerprint density at radius 3 is 2.15 bits per heavy atom. The first-order valence-electron chi connectivity index (χ1n) is 8.27. The van der Waals surface area contributed by atoms with Crippen LogP contribution >= 0.6 is 0 Å². The van der Waals surface area contributed by atoms with E-state index in [-0.39, 0.29) is 13.2 Å². The molecule has 1 aliphatic heterocycles. The van der Waals surface area contributed by atoms with E-state index in [0.29, 0.717) is 11.1 Å². The van der Waals surface area contributed by atoms with Crippen LogP contribution in [-0.2, 0) is 9.47 Å². The Kier molecular flexibility index (Phi) is 5.62. The molecule has 3 rings (SSSR count). The summed E-state index contributed by atoms with van der Waals surface area (Å²) in [5.41, 5.74) is 2.96. The highest BCUT2D eigenvalue weighted by atomic mass is 19.4. The van der Waals surface area contributed by atoms with Gasteiger partial charge in [0.15, 0.2) is 5.83 Å². The number of alkyl halides is 3. The zero-order valence-corrected chi connectivity index (χ0v) is 14.4. The van der Waals surface area contributed by atoms with Crippen molar-refractivity contribution in [2.75, 3.05) is 13.2 Å². The van der Waals surface area contributed by atoms with Crippen LogP contribution in [0.1, 0.15) is 17.0 Å². The van der Waals surface area contributed by atoms with Crippen molar-refractivity contribution in [1.82, 2.24) is 0 Å². The minimum absolute atomic E-state index is 0.148. The molecule has 0 atom stereocenters. The Morgan fingerprint density at radius 2 is 1.59 bits per heavy atom. The first kappa shape index (κ1) is 19.5. The summed E-state index contributed by atoms with van der Waals surface area (Å²) in [5, 5.41) is 0. The van der Waals surface area contributed by atoms with Gasteiger partial charge in [0.25, 0.3) is 0 Å². The van der Waals surface area contributed by atoms with Crippen LogP contribution in [0.3, 0.4) is 0 Å². The molecular weight excluding hydrogens is 367 g/mol. The van der Waals surface area contributed by atoms with Gasteiger partial charge in [0.05, 0.1) is 19.3 Å². The van der Waals surface area contributed by atoms with Gasteiger partial charge in [0.1, 0.15) is 5.82 Å². The lowest BCUT2D eigenvalue weighted by atomic mass is 9.96. The van der Waals surface area contributed by atoms with E-state index in [1.807, 2.05) is 31.2 Å². The second-order valence-electron chi connectivity index (χ2n) is 6.37. The molecule has 2 nitrogen and oxygen atoms in total. The molecule has 1 heterocycles. The summed E-state index contributed by atoms with van der Waals surface area (Å²) >= 11 is 0. The fourth-order valence-corrected chi connectivity index (χ4v) is 2.85. The van der Waals surface area contributed by atoms with Crippen LogP contribution in [0.5, 0.6) is 0 Å². The second-order valence-corrected chi connectivity index (χ2v) is 6.37. The molecule has 144 valence electrons. The fraction of sp³-hybridized carbons (Fsp3) is 0.300. The molecule has 2 aromatic rings. The maximum Gasteiger partial charge on any atom is 0.412 e. The molecule has 0 bridgehead atoms. The van der Waals surface area contributed by atoms with Gasteiger partial charge in [-0.2, -0.15) is 13.2 Å². The molecule has 0 radical (unpaired) electrons. The highest BCUT2D eigenvalue weighted by Crippen LogP contribution is 2.31. The van der Waals surface area contributed by atoms with Crippen molar-refractivity contribution in [3.63, 3.8) is 0 Å². The molecule has 27 heavy (non-hydrogen) atoms. The fourth-order valence-electron chi connectivity index (χ4n) is 2.85. The summed E-state index contributed by atoms with van der Waals surface area (Å²) in [6.45, 7) is 1.66. The van der Waals surface area contributed by atoms with Crippen molar-refractivity contribution in [3.8, 4) is 11.1 Å². The maximum absolute atomic E-state index is 14.5. The number of hydrogen-bond acceptors (Lipinski definition) is 2. The number of benzene rings is 2. The largest absolute Gasteiger partial charge is 0.412 e. The summed E-state index contributed by atoms with van der Waals surface area (Å²) in [5.74, 6) is -2.57. The molecule has 0 spiro atoms. The average molecular weight is 384 g/mol. The van der Waals surface area contributed by atoms with E-state index in [1.165, 1.54) is 6.07 Å². The molecule has 0 aromatic heterocycles. The molecule has 0 N–H and O–H groups in total.